The number of hydrogen-bond donors (Lipinski definition) is 1. The van der Waals surface area contributed by atoms with Gasteiger partial charge in [-0.2, -0.15) is 11.8 Å². The summed E-state index contributed by atoms with van der Waals surface area (Å²) in [4.78, 5) is 1.99. The lowest BCUT2D eigenvalue weighted by Gasteiger charge is -2.38. The van der Waals surface area contributed by atoms with Crippen LogP contribution in [-0.2, 0) is 14.6 Å². The highest BCUT2D eigenvalue weighted by atomic mass is 32.2. The van der Waals surface area contributed by atoms with Crippen LogP contribution in [0.4, 0.5) is 0 Å². The van der Waals surface area contributed by atoms with E-state index in [0.29, 0.717) is 31.9 Å². The SMILES string of the molecule is CS(=O)(=O)C1CSCCN1CC1COCCC1O. The fourth-order valence-corrected chi connectivity index (χ4v) is 5.43. The van der Waals surface area contributed by atoms with Gasteiger partial charge < -0.3 is 9.84 Å². The Morgan fingerprint density at radius 2 is 2.28 bits per heavy atom. The van der Waals surface area contributed by atoms with Gasteiger partial charge in [-0.3, -0.25) is 4.90 Å². The predicted molar refractivity (Wildman–Crippen MR) is 72.5 cm³/mol. The third kappa shape index (κ3) is 3.60. The van der Waals surface area contributed by atoms with E-state index >= 15 is 0 Å². The van der Waals surface area contributed by atoms with Gasteiger partial charge in [0.25, 0.3) is 0 Å². The summed E-state index contributed by atoms with van der Waals surface area (Å²) in [6.07, 6.45) is 1.58. The highest BCUT2D eigenvalue weighted by molar-refractivity contribution is 8.00. The van der Waals surface area contributed by atoms with Crippen LogP contribution in [0, 0.1) is 5.92 Å². The lowest BCUT2D eigenvalue weighted by Crippen LogP contribution is -2.51. The maximum atomic E-state index is 11.8. The van der Waals surface area contributed by atoms with Crippen molar-refractivity contribution in [2.75, 3.05) is 44.1 Å². The van der Waals surface area contributed by atoms with E-state index in [1.807, 2.05) is 4.90 Å². The molecule has 2 saturated heterocycles. The first-order valence-electron chi connectivity index (χ1n) is 6.25. The molecule has 18 heavy (non-hydrogen) atoms. The summed E-state index contributed by atoms with van der Waals surface area (Å²) in [6.45, 7) is 2.51. The van der Waals surface area contributed by atoms with Crippen molar-refractivity contribution in [3.8, 4) is 0 Å². The molecule has 0 spiro atoms. The quantitative estimate of drug-likeness (QED) is 0.778. The Balaban J connectivity index is 2.01. The zero-order chi connectivity index (χ0) is 13.2. The molecular formula is C11H21NO4S2. The number of ether oxygens (including phenoxy) is 1. The molecule has 3 atom stereocenters. The lowest BCUT2D eigenvalue weighted by molar-refractivity contribution is -0.0469. The van der Waals surface area contributed by atoms with Gasteiger partial charge in [0.15, 0.2) is 9.84 Å². The average Bonchev–Trinajstić information content (AvgIpc) is 2.31. The number of rotatable bonds is 3. The standard InChI is InChI=1S/C11H21NO4S2/c1-18(14,15)11-8-17-5-3-12(11)6-9-7-16-4-2-10(9)13/h9-11,13H,2-8H2,1H3. The first kappa shape index (κ1) is 14.6. The van der Waals surface area contributed by atoms with Gasteiger partial charge in [0.05, 0.1) is 12.7 Å². The molecule has 0 radical (unpaired) electrons. The second-order valence-electron chi connectivity index (χ2n) is 5.05. The molecule has 0 aromatic carbocycles. The predicted octanol–water partition coefficient (Wildman–Crippen LogP) is -0.197. The van der Waals surface area contributed by atoms with E-state index in [2.05, 4.69) is 0 Å². The van der Waals surface area contributed by atoms with Crippen molar-refractivity contribution in [1.82, 2.24) is 4.90 Å². The van der Waals surface area contributed by atoms with Gasteiger partial charge in [0.2, 0.25) is 0 Å². The first-order valence-corrected chi connectivity index (χ1v) is 9.36. The zero-order valence-electron chi connectivity index (χ0n) is 10.6. The van der Waals surface area contributed by atoms with Gasteiger partial charge in [-0.15, -0.1) is 0 Å². The Hall–Kier alpha value is 0.180. The molecule has 2 aliphatic rings. The summed E-state index contributed by atoms with van der Waals surface area (Å²) in [5, 5.41) is 9.52. The summed E-state index contributed by atoms with van der Waals surface area (Å²) in [5.74, 6) is 1.61. The van der Waals surface area contributed by atoms with Gasteiger partial charge in [-0.05, 0) is 6.42 Å². The molecule has 0 bridgehead atoms. The van der Waals surface area contributed by atoms with E-state index in [-0.39, 0.29) is 12.0 Å². The third-order valence-corrected chi connectivity index (χ3v) is 6.27. The lowest BCUT2D eigenvalue weighted by atomic mass is 9.98. The minimum atomic E-state index is -3.06. The molecule has 3 unspecified atom stereocenters. The van der Waals surface area contributed by atoms with Crippen LogP contribution in [0.3, 0.4) is 0 Å². The van der Waals surface area contributed by atoms with E-state index < -0.39 is 15.2 Å². The molecule has 5 nitrogen and oxygen atoms in total. The maximum absolute atomic E-state index is 11.8. The maximum Gasteiger partial charge on any atom is 0.164 e. The molecule has 1 N–H and O–H groups in total. The first-order chi connectivity index (χ1) is 8.48. The number of aliphatic hydroxyl groups excluding tert-OH is 1. The fraction of sp³-hybridized carbons (Fsp3) is 1.00. The number of nitrogens with zero attached hydrogens (tertiary/aromatic N) is 1. The van der Waals surface area contributed by atoms with Crippen LogP contribution in [0.25, 0.3) is 0 Å². The van der Waals surface area contributed by atoms with Crippen LogP contribution in [0.15, 0.2) is 0 Å². The van der Waals surface area contributed by atoms with Crippen molar-refractivity contribution >= 4 is 21.6 Å². The van der Waals surface area contributed by atoms with E-state index in [4.69, 9.17) is 4.74 Å². The minimum absolute atomic E-state index is 0.0334. The summed E-state index contributed by atoms with van der Waals surface area (Å²) in [5.41, 5.74) is 0. The highest BCUT2D eigenvalue weighted by Crippen LogP contribution is 2.24. The van der Waals surface area contributed by atoms with Crippen LogP contribution in [0.2, 0.25) is 0 Å². The molecule has 2 rings (SSSR count). The van der Waals surface area contributed by atoms with Crippen molar-refractivity contribution in [2.45, 2.75) is 17.9 Å². The zero-order valence-corrected chi connectivity index (χ0v) is 12.3. The van der Waals surface area contributed by atoms with Gasteiger partial charge in [-0.25, -0.2) is 8.42 Å². The van der Waals surface area contributed by atoms with Crippen LogP contribution in [0.1, 0.15) is 6.42 Å². The average molecular weight is 295 g/mol. The molecule has 7 heteroatoms. The number of aliphatic hydroxyl groups is 1. The van der Waals surface area contributed by atoms with E-state index in [0.717, 1.165) is 12.3 Å². The van der Waals surface area contributed by atoms with Crippen molar-refractivity contribution in [2.24, 2.45) is 5.92 Å². The number of thioether (sulfide) groups is 1. The van der Waals surface area contributed by atoms with Crippen molar-refractivity contribution in [1.29, 1.82) is 0 Å². The van der Waals surface area contributed by atoms with Gasteiger partial charge >= 0.3 is 0 Å². The van der Waals surface area contributed by atoms with Gasteiger partial charge in [-0.1, -0.05) is 0 Å². The van der Waals surface area contributed by atoms with E-state index in [1.165, 1.54) is 6.26 Å². The number of sulfone groups is 1. The molecule has 2 aliphatic heterocycles. The van der Waals surface area contributed by atoms with Crippen molar-refractivity contribution in [3.63, 3.8) is 0 Å². The summed E-state index contributed by atoms with van der Waals surface area (Å²) < 4.78 is 28.9. The Morgan fingerprint density at radius 3 is 2.94 bits per heavy atom. The normalized spacial score (nSPS) is 35.6. The van der Waals surface area contributed by atoms with E-state index in [1.54, 1.807) is 11.8 Å². The second kappa shape index (κ2) is 6.09. The fourth-order valence-electron chi connectivity index (χ4n) is 2.48. The Labute approximate surface area is 113 Å². The monoisotopic (exact) mass is 295 g/mol. The Kier molecular flexibility index (Phi) is 4.93. The van der Waals surface area contributed by atoms with E-state index in [9.17, 15) is 13.5 Å². The van der Waals surface area contributed by atoms with Crippen molar-refractivity contribution in [3.05, 3.63) is 0 Å². The Morgan fingerprint density at radius 1 is 1.50 bits per heavy atom. The van der Waals surface area contributed by atoms with Gasteiger partial charge in [0.1, 0.15) is 5.37 Å². The van der Waals surface area contributed by atoms with Crippen LogP contribution in [0.5, 0.6) is 0 Å². The third-order valence-electron chi connectivity index (χ3n) is 3.59. The molecule has 0 amide bonds. The Bertz CT molecular complexity index is 373. The van der Waals surface area contributed by atoms with Crippen LogP contribution >= 0.6 is 11.8 Å². The molecule has 0 aliphatic carbocycles. The van der Waals surface area contributed by atoms with Gasteiger partial charge in [0, 0.05) is 43.4 Å². The summed E-state index contributed by atoms with van der Waals surface area (Å²) in [7, 11) is -3.06. The highest BCUT2D eigenvalue weighted by Gasteiger charge is 2.34. The molecule has 0 saturated carbocycles. The molecular weight excluding hydrogens is 274 g/mol. The molecule has 0 aromatic heterocycles. The largest absolute Gasteiger partial charge is 0.393 e. The second-order valence-corrected chi connectivity index (χ2v) is 8.40. The summed E-state index contributed by atoms with van der Waals surface area (Å²) >= 11 is 1.68. The summed E-state index contributed by atoms with van der Waals surface area (Å²) in [6, 6.07) is 0. The van der Waals surface area contributed by atoms with Crippen molar-refractivity contribution < 1.29 is 18.3 Å². The molecule has 106 valence electrons. The number of hydrogen-bond acceptors (Lipinski definition) is 6. The molecule has 2 heterocycles. The minimum Gasteiger partial charge on any atom is -0.393 e. The smallest absolute Gasteiger partial charge is 0.164 e. The van der Waals surface area contributed by atoms with Crippen LogP contribution < -0.4 is 0 Å². The van der Waals surface area contributed by atoms with Crippen LogP contribution in [-0.4, -0.2) is 74.0 Å². The molecule has 0 aromatic rings. The topological polar surface area (TPSA) is 66.8 Å². The molecule has 2 fully saturated rings.